The number of hydrogen-bond acceptors (Lipinski definition) is 5. The van der Waals surface area contributed by atoms with E-state index >= 15 is 0 Å². The Labute approximate surface area is 222 Å². The largest absolute Gasteiger partial charge is 0.534 e. The highest BCUT2D eigenvalue weighted by atomic mass is 32.2. The second-order valence-electron chi connectivity index (χ2n) is 10.5. The van der Waals surface area contributed by atoms with Crippen molar-refractivity contribution in [3.8, 4) is 16.9 Å². The van der Waals surface area contributed by atoms with Crippen molar-refractivity contribution < 1.29 is 40.1 Å². The smallest absolute Gasteiger partial charge is 0.465 e. The van der Waals surface area contributed by atoms with E-state index in [4.69, 9.17) is 0 Å². The molecule has 0 aliphatic carbocycles. The molecule has 1 atom stereocenters. The Kier molecular flexibility index (Phi) is 8.07. The minimum Gasteiger partial charge on any atom is -0.465 e. The lowest BCUT2D eigenvalue weighted by Gasteiger charge is -2.35. The van der Waals surface area contributed by atoms with Gasteiger partial charge in [-0.2, -0.15) is 21.6 Å². The molecule has 0 saturated heterocycles. The lowest BCUT2D eigenvalue weighted by molar-refractivity contribution is -0.0500. The van der Waals surface area contributed by atoms with Crippen LogP contribution in [-0.2, 0) is 16.7 Å². The van der Waals surface area contributed by atoms with Crippen LogP contribution in [0.25, 0.3) is 21.9 Å². The molecule has 0 saturated carbocycles. The van der Waals surface area contributed by atoms with E-state index < -0.39 is 50.3 Å². The standard InChI is InChI=1S/C26H28F4N2O6S/c1-14(2)13-32-21(22(25(3,4)5)31-24(34)35)20(15-6-8-16(27)9-7-15)19-12-17(10-11-18(19)23(32)33)38-39(36,37)26(28,29)30/h6-12,14,22,31H,13H2,1-5H3,(H,34,35). The van der Waals surface area contributed by atoms with Crippen molar-refractivity contribution in [1.29, 1.82) is 0 Å². The number of halogens is 4. The molecule has 2 aromatic carbocycles. The number of alkyl halides is 3. The molecule has 3 aromatic rings. The van der Waals surface area contributed by atoms with Crippen molar-refractivity contribution in [3.63, 3.8) is 0 Å². The van der Waals surface area contributed by atoms with E-state index in [1.54, 1.807) is 20.8 Å². The van der Waals surface area contributed by atoms with Crippen molar-refractivity contribution in [2.45, 2.75) is 52.7 Å². The Hall–Kier alpha value is -3.61. The molecule has 0 bridgehead atoms. The van der Waals surface area contributed by atoms with Gasteiger partial charge in [-0.05, 0) is 47.2 Å². The lowest BCUT2D eigenvalue weighted by atomic mass is 9.80. The summed E-state index contributed by atoms with van der Waals surface area (Å²) >= 11 is 0. The Morgan fingerprint density at radius 2 is 1.64 bits per heavy atom. The molecule has 2 N–H and O–H groups in total. The molecule has 3 rings (SSSR count). The van der Waals surface area contributed by atoms with Gasteiger partial charge >= 0.3 is 21.7 Å². The van der Waals surface area contributed by atoms with Crippen molar-refractivity contribution in [2.75, 3.05) is 0 Å². The molecule has 1 unspecified atom stereocenters. The predicted molar refractivity (Wildman–Crippen MR) is 137 cm³/mol. The third-order valence-electron chi connectivity index (χ3n) is 5.86. The summed E-state index contributed by atoms with van der Waals surface area (Å²) in [6.45, 7) is 9.01. The zero-order valence-corrected chi connectivity index (χ0v) is 22.6. The van der Waals surface area contributed by atoms with Gasteiger partial charge in [0.1, 0.15) is 11.6 Å². The van der Waals surface area contributed by atoms with Crippen LogP contribution < -0.4 is 15.1 Å². The number of fused-ring (bicyclic) bond motifs is 1. The maximum absolute atomic E-state index is 13.9. The van der Waals surface area contributed by atoms with Crippen LogP contribution in [0, 0.1) is 17.2 Å². The number of nitrogens with zero attached hydrogens (tertiary/aromatic N) is 1. The zero-order chi connectivity index (χ0) is 29.5. The van der Waals surface area contributed by atoms with Gasteiger partial charge in [-0.15, -0.1) is 0 Å². The highest BCUT2D eigenvalue weighted by molar-refractivity contribution is 7.88. The fourth-order valence-electron chi connectivity index (χ4n) is 4.26. The van der Waals surface area contributed by atoms with Gasteiger partial charge in [0.05, 0.1) is 11.7 Å². The van der Waals surface area contributed by atoms with Crippen LogP contribution in [0.3, 0.4) is 0 Å². The molecule has 0 aliphatic heterocycles. The molecule has 212 valence electrons. The zero-order valence-electron chi connectivity index (χ0n) is 21.8. The molecule has 1 amide bonds. The van der Waals surface area contributed by atoms with Gasteiger partial charge in [0, 0.05) is 22.9 Å². The van der Waals surface area contributed by atoms with Crippen molar-refractivity contribution in [1.82, 2.24) is 9.88 Å². The molecule has 39 heavy (non-hydrogen) atoms. The highest BCUT2D eigenvalue weighted by Gasteiger charge is 2.48. The second kappa shape index (κ2) is 10.5. The molecule has 8 nitrogen and oxygen atoms in total. The maximum atomic E-state index is 13.9. The summed E-state index contributed by atoms with van der Waals surface area (Å²) in [5, 5.41) is 12.1. The van der Waals surface area contributed by atoms with E-state index in [1.165, 1.54) is 16.7 Å². The fourth-order valence-corrected chi connectivity index (χ4v) is 4.71. The molecule has 1 heterocycles. The normalized spacial score (nSPS) is 13.5. The van der Waals surface area contributed by atoms with E-state index in [1.807, 2.05) is 13.8 Å². The lowest BCUT2D eigenvalue weighted by Crippen LogP contribution is -2.40. The van der Waals surface area contributed by atoms with Gasteiger partial charge in [-0.25, -0.2) is 9.18 Å². The van der Waals surface area contributed by atoms with Crippen LogP contribution >= 0.6 is 0 Å². The van der Waals surface area contributed by atoms with Crippen LogP contribution in [0.1, 0.15) is 46.4 Å². The first-order valence-corrected chi connectivity index (χ1v) is 13.2. The number of carboxylic acid groups (broad SMARTS) is 1. The average Bonchev–Trinajstić information content (AvgIpc) is 2.78. The summed E-state index contributed by atoms with van der Waals surface area (Å²) in [5.41, 5.74) is -6.42. The number of benzene rings is 2. The van der Waals surface area contributed by atoms with Crippen molar-refractivity contribution in [2.24, 2.45) is 11.3 Å². The van der Waals surface area contributed by atoms with Crippen LogP contribution in [0.5, 0.6) is 5.75 Å². The van der Waals surface area contributed by atoms with Crippen molar-refractivity contribution >= 4 is 27.0 Å². The number of pyridine rings is 1. The number of nitrogens with one attached hydrogen (secondary N) is 1. The summed E-state index contributed by atoms with van der Waals surface area (Å²) in [6, 6.07) is 7.02. The van der Waals surface area contributed by atoms with E-state index in [2.05, 4.69) is 9.50 Å². The van der Waals surface area contributed by atoms with Crippen LogP contribution in [0.15, 0.2) is 47.3 Å². The molecular weight excluding hydrogens is 544 g/mol. The maximum Gasteiger partial charge on any atom is 0.534 e. The molecule has 13 heteroatoms. The predicted octanol–water partition coefficient (Wildman–Crippen LogP) is 6.05. The molecule has 0 fully saturated rings. The molecule has 0 aliphatic rings. The number of aromatic nitrogens is 1. The van der Waals surface area contributed by atoms with Crippen LogP contribution in [0.2, 0.25) is 0 Å². The van der Waals surface area contributed by atoms with E-state index in [-0.39, 0.29) is 34.5 Å². The van der Waals surface area contributed by atoms with Gasteiger partial charge < -0.3 is 19.2 Å². The summed E-state index contributed by atoms with van der Waals surface area (Å²) in [7, 11) is -6.03. The van der Waals surface area contributed by atoms with Crippen LogP contribution in [-0.4, -0.2) is 29.7 Å². The number of hydrogen-bond donors (Lipinski definition) is 2. The quantitative estimate of drug-likeness (QED) is 0.203. The summed E-state index contributed by atoms with van der Waals surface area (Å²) in [5.74, 6) is -1.39. The van der Waals surface area contributed by atoms with E-state index in [9.17, 15) is 40.7 Å². The number of rotatable bonds is 7. The Bertz CT molecular complexity index is 1560. The minimum atomic E-state index is -6.03. The van der Waals surface area contributed by atoms with Gasteiger partial charge in [0.2, 0.25) is 0 Å². The van der Waals surface area contributed by atoms with Gasteiger partial charge in [-0.3, -0.25) is 4.79 Å². The fraction of sp³-hybridized carbons (Fsp3) is 0.385. The third kappa shape index (κ3) is 6.35. The summed E-state index contributed by atoms with van der Waals surface area (Å²) < 4.78 is 82.0. The van der Waals surface area contributed by atoms with Crippen LogP contribution in [0.4, 0.5) is 22.4 Å². The molecule has 1 aromatic heterocycles. The summed E-state index contributed by atoms with van der Waals surface area (Å²) in [6.07, 6.45) is -1.39. The number of amides is 1. The average molecular weight is 573 g/mol. The van der Waals surface area contributed by atoms with Gasteiger partial charge in [-0.1, -0.05) is 46.8 Å². The Balaban J connectivity index is 2.56. The van der Waals surface area contributed by atoms with E-state index in [0.29, 0.717) is 5.56 Å². The van der Waals surface area contributed by atoms with Gasteiger partial charge in [0.15, 0.2) is 0 Å². The molecule has 0 radical (unpaired) electrons. The third-order valence-corrected chi connectivity index (χ3v) is 6.84. The van der Waals surface area contributed by atoms with Gasteiger partial charge in [0.25, 0.3) is 5.56 Å². The van der Waals surface area contributed by atoms with Crippen molar-refractivity contribution in [3.05, 3.63) is 64.3 Å². The monoisotopic (exact) mass is 572 g/mol. The topological polar surface area (TPSA) is 115 Å². The first kappa shape index (κ1) is 29.9. The minimum absolute atomic E-state index is 0.00192. The van der Waals surface area contributed by atoms with E-state index in [0.717, 1.165) is 30.3 Å². The Morgan fingerprint density at radius 1 is 1.05 bits per heavy atom. The molecule has 0 spiro atoms. The highest BCUT2D eigenvalue weighted by Crippen LogP contribution is 2.42. The SMILES string of the molecule is CC(C)Cn1c(C(NC(=O)O)C(C)(C)C)c(-c2ccc(F)cc2)c2cc(OS(=O)(=O)C(F)(F)F)ccc2c1=O. The Morgan fingerprint density at radius 3 is 2.13 bits per heavy atom. The first-order valence-electron chi connectivity index (χ1n) is 11.8. The first-order chi connectivity index (χ1) is 17.8. The number of carbonyl (C=O) groups is 1. The molecular formula is C26H28F4N2O6S. The summed E-state index contributed by atoms with van der Waals surface area (Å²) in [4.78, 5) is 25.7. The second-order valence-corrected chi connectivity index (χ2v) is 12.1.